The molecule has 1 aliphatic rings. The number of alkyl halides is 3. The zero-order valence-corrected chi connectivity index (χ0v) is 12.9. The van der Waals surface area contributed by atoms with Gasteiger partial charge in [0.25, 0.3) is 0 Å². The number of nitrogens with zero attached hydrogens (tertiary/aromatic N) is 4. The van der Waals surface area contributed by atoms with Gasteiger partial charge < -0.3 is 4.90 Å². The average molecular weight is 356 g/mol. The van der Waals surface area contributed by atoms with Gasteiger partial charge in [0.15, 0.2) is 17.3 Å². The number of anilines is 1. The molecule has 1 unspecified atom stereocenters. The fourth-order valence-electron chi connectivity index (χ4n) is 3.00. The summed E-state index contributed by atoms with van der Waals surface area (Å²) in [5.41, 5.74) is -1.40. The van der Waals surface area contributed by atoms with E-state index in [1.807, 2.05) is 0 Å². The lowest BCUT2D eigenvalue weighted by molar-refractivity contribution is -0.141. The molecule has 0 amide bonds. The van der Waals surface area contributed by atoms with Crippen molar-refractivity contribution in [2.45, 2.75) is 25.1 Å². The van der Waals surface area contributed by atoms with Crippen molar-refractivity contribution in [1.29, 1.82) is 5.26 Å². The van der Waals surface area contributed by atoms with Gasteiger partial charge in [-0.15, -0.1) is 0 Å². The maximum Gasteiger partial charge on any atom is 0.435 e. The summed E-state index contributed by atoms with van der Waals surface area (Å²) >= 11 is 0. The van der Waals surface area contributed by atoms with Crippen molar-refractivity contribution in [2.75, 3.05) is 18.0 Å². The van der Waals surface area contributed by atoms with E-state index in [1.54, 1.807) is 6.07 Å². The van der Waals surface area contributed by atoms with Crippen molar-refractivity contribution in [3.05, 3.63) is 47.3 Å². The van der Waals surface area contributed by atoms with Crippen LogP contribution in [0.1, 0.15) is 30.1 Å². The Morgan fingerprint density at radius 1 is 1.20 bits per heavy atom. The SMILES string of the molecule is N#Cc1cc(F)c(N2CCCC(n3ccc(C(F)(F)F)n3)C2)c(F)c1. The lowest BCUT2D eigenvalue weighted by Crippen LogP contribution is -2.38. The summed E-state index contributed by atoms with van der Waals surface area (Å²) in [6.07, 6.45) is -2.22. The van der Waals surface area contributed by atoms with E-state index in [0.29, 0.717) is 19.4 Å². The van der Waals surface area contributed by atoms with Gasteiger partial charge in [0.2, 0.25) is 0 Å². The minimum absolute atomic E-state index is 0.124. The van der Waals surface area contributed by atoms with Crippen molar-refractivity contribution < 1.29 is 22.0 Å². The fraction of sp³-hybridized carbons (Fsp3) is 0.375. The van der Waals surface area contributed by atoms with Crippen LogP contribution in [0.3, 0.4) is 0 Å². The quantitative estimate of drug-likeness (QED) is 0.767. The van der Waals surface area contributed by atoms with Crippen LogP contribution in [0.4, 0.5) is 27.6 Å². The van der Waals surface area contributed by atoms with E-state index in [-0.39, 0.29) is 17.8 Å². The monoisotopic (exact) mass is 356 g/mol. The second-order valence-corrected chi connectivity index (χ2v) is 5.82. The molecule has 1 aromatic heterocycles. The van der Waals surface area contributed by atoms with Crippen LogP contribution >= 0.6 is 0 Å². The maximum absolute atomic E-state index is 14.2. The topological polar surface area (TPSA) is 44.9 Å². The average Bonchev–Trinajstić information content (AvgIpc) is 3.04. The van der Waals surface area contributed by atoms with E-state index in [2.05, 4.69) is 5.10 Å². The van der Waals surface area contributed by atoms with Gasteiger partial charge >= 0.3 is 6.18 Å². The van der Waals surface area contributed by atoms with E-state index >= 15 is 0 Å². The molecule has 9 heteroatoms. The molecule has 1 fully saturated rings. The second-order valence-electron chi connectivity index (χ2n) is 5.82. The third kappa shape index (κ3) is 3.43. The standard InChI is InChI=1S/C16H13F5N4/c17-12-6-10(8-22)7-13(18)15(12)24-4-1-2-11(9-24)25-5-3-14(23-25)16(19,20)21/h3,5-7,11H,1-2,4,9H2. The summed E-state index contributed by atoms with van der Waals surface area (Å²) in [5, 5.41) is 12.3. The molecule has 0 spiro atoms. The molecule has 0 aliphatic carbocycles. The normalized spacial score (nSPS) is 18.2. The van der Waals surface area contributed by atoms with Gasteiger partial charge in [-0.05, 0) is 31.0 Å². The Hall–Kier alpha value is -2.63. The van der Waals surface area contributed by atoms with Crippen molar-refractivity contribution >= 4 is 5.69 Å². The first kappa shape index (κ1) is 17.2. The van der Waals surface area contributed by atoms with Crippen LogP contribution in [-0.4, -0.2) is 22.9 Å². The van der Waals surface area contributed by atoms with Crippen LogP contribution in [-0.2, 0) is 6.18 Å². The fourth-order valence-corrected chi connectivity index (χ4v) is 3.00. The largest absolute Gasteiger partial charge is 0.435 e. The molecule has 1 aromatic carbocycles. The molecule has 2 heterocycles. The summed E-state index contributed by atoms with van der Waals surface area (Å²) < 4.78 is 67.6. The summed E-state index contributed by atoms with van der Waals surface area (Å²) in [7, 11) is 0. The lowest BCUT2D eigenvalue weighted by Gasteiger charge is -2.34. The van der Waals surface area contributed by atoms with Gasteiger partial charge in [0.1, 0.15) is 5.69 Å². The van der Waals surface area contributed by atoms with Gasteiger partial charge in [-0.3, -0.25) is 4.68 Å². The highest BCUT2D eigenvalue weighted by molar-refractivity contribution is 5.53. The van der Waals surface area contributed by atoms with E-state index in [0.717, 1.165) is 18.2 Å². The summed E-state index contributed by atoms with van der Waals surface area (Å²) in [6, 6.07) is 4.00. The number of nitriles is 1. The van der Waals surface area contributed by atoms with Gasteiger partial charge in [-0.1, -0.05) is 0 Å². The molecule has 0 radical (unpaired) electrons. The molecule has 2 aromatic rings. The highest BCUT2D eigenvalue weighted by atomic mass is 19.4. The molecule has 25 heavy (non-hydrogen) atoms. The molecule has 4 nitrogen and oxygen atoms in total. The predicted octanol–water partition coefficient (Wildman–Crippen LogP) is 3.89. The third-order valence-electron chi connectivity index (χ3n) is 4.13. The second kappa shape index (κ2) is 6.35. The predicted molar refractivity (Wildman–Crippen MR) is 78.8 cm³/mol. The number of rotatable bonds is 2. The van der Waals surface area contributed by atoms with E-state index in [1.165, 1.54) is 15.8 Å². The molecule has 1 saturated heterocycles. The highest BCUT2D eigenvalue weighted by Gasteiger charge is 2.35. The Balaban J connectivity index is 1.85. The van der Waals surface area contributed by atoms with Crippen LogP contribution in [0, 0.1) is 23.0 Å². The summed E-state index contributed by atoms with van der Waals surface area (Å²) in [5.74, 6) is -1.73. The van der Waals surface area contributed by atoms with E-state index in [9.17, 15) is 22.0 Å². The Kier molecular flexibility index (Phi) is 4.37. The zero-order chi connectivity index (χ0) is 18.2. The van der Waals surface area contributed by atoms with Gasteiger partial charge in [0, 0.05) is 19.3 Å². The highest BCUT2D eigenvalue weighted by Crippen LogP contribution is 2.32. The Bertz CT molecular complexity index is 798. The van der Waals surface area contributed by atoms with Gasteiger partial charge in [-0.25, -0.2) is 8.78 Å². The smallest absolute Gasteiger partial charge is 0.365 e. The summed E-state index contributed by atoms with van der Waals surface area (Å²) in [6.45, 7) is 0.488. The van der Waals surface area contributed by atoms with Crippen LogP contribution in [0.5, 0.6) is 0 Å². The van der Waals surface area contributed by atoms with Crippen molar-refractivity contribution in [3.63, 3.8) is 0 Å². The minimum atomic E-state index is -4.54. The number of piperidine rings is 1. The maximum atomic E-state index is 14.2. The molecule has 3 rings (SSSR count). The first-order chi connectivity index (χ1) is 11.8. The number of hydrogen-bond acceptors (Lipinski definition) is 3. The molecule has 0 bridgehead atoms. The lowest BCUT2D eigenvalue weighted by atomic mass is 10.0. The van der Waals surface area contributed by atoms with E-state index in [4.69, 9.17) is 5.26 Å². The molecule has 0 saturated carbocycles. The van der Waals surface area contributed by atoms with Crippen molar-refractivity contribution in [1.82, 2.24) is 9.78 Å². The van der Waals surface area contributed by atoms with Crippen LogP contribution in [0.15, 0.2) is 24.4 Å². The number of halogens is 5. The van der Waals surface area contributed by atoms with E-state index < -0.39 is 29.5 Å². The Morgan fingerprint density at radius 3 is 2.44 bits per heavy atom. The molecule has 1 atom stereocenters. The first-order valence-corrected chi connectivity index (χ1v) is 7.56. The zero-order valence-electron chi connectivity index (χ0n) is 12.9. The Morgan fingerprint density at radius 2 is 1.88 bits per heavy atom. The summed E-state index contributed by atoms with van der Waals surface area (Å²) in [4.78, 5) is 1.44. The number of hydrogen-bond donors (Lipinski definition) is 0. The van der Waals surface area contributed by atoms with Crippen LogP contribution < -0.4 is 4.90 Å². The van der Waals surface area contributed by atoms with Gasteiger partial charge in [-0.2, -0.15) is 23.5 Å². The number of aromatic nitrogens is 2. The molecule has 132 valence electrons. The molecule has 1 aliphatic heterocycles. The first-order valence-electron chi connectivity index (χ1n) is 7.56. The van der Waals surface area contributed by atoms with Crippen LogP contribution in [0.25, 0.3) is 0 Å². The molecular formula is C16H13F5N4. The van der Waals surface area contributed by atoms with Crippen molar-refractivity contribution in [3.8, 4) is 6.07 Å². The molecular weight excluding hydrogens is 343 g/mol. The van der Waals surface area contributed by atoms with Crippen LogP contribution in [0.2, 0.25) is 0 Å². The van der Waals surface area contributed by atoms with Crippen molar-refractivity contribution in [2.24, 2.45) is 0 Å². The molecule has 0 N–H and O–H groups in total. The minimum Gasteiger partial charge on any atom is -0.365 e. The Labute approximate surface area is 140 Å². The third-order valence-corrected chi connectivity index (χ3v) is 4.13. The van der Waals surface area contributed by atoms with Gasteiger partial charge in [0.05, 0.1) is 17.7 Å². The number of benzene rings is 1.